The zero-order valence-electron chi connectivity index (χ0n) is 10.7. The predicted molar refractivity (Wildman–Crippen MR) is 66.5 cm³/mol. The first-order valence-electron chi connectivity index (χ1n) is 6.80. The number of rotatable bonds is 2. The van der Waals surface area contributed by atoms with Gasteiger partial charge < -0.3 is 15.4 Å². The number of likely N-dealkylation sites (tertiary alicyclic amines) is 1. The quantitative estimate of drug-likeness (QED) is 0.783. The third-order valence-electron chi connectivity index (χ3n) is 4.03. The lowest BCUT2D eigenvalue weighted by atomic mass is 9.90. The van der Waals surface area contributed by atoms with Gasteiger partial charge in [0.15, 0.2) is 0 Å². The molecule has 0 aromatic heterocycles. The molecular formula is C13H24N2O2. The van der Waals surface area contributed by atoms with Crippen LogP contribution in [0.5, 0.6) is 0 Å². The van der Waals surface area contributed by atoms with Gasteiger partial charge in [0.1, 0.15) is 0 Å². The molecule has 0 aromatic carbocycles. The topological polar surface area (TPSA) is 55.6 Å². The lowest BCUT2D eigenvalue weighted by Crippen LogP contribution is -2.51. The number of nitrogens with two attached hydrogens (primary N) is 1. The molecular weight excluding hydrogens is 216 g/mol. The van der Waals surface area contributed by atoms with E-state index in [1.807, 2.05) is 4.90 Å². The number of piperidine rings is 1. The van der Waals surface area contributed by atoms with E-state index in [-0.39, 0.29) is 11.9 Å². The molecule has 17 heavy (non-hydrogen) atoms. The van der Waals surface area contributed by atoms with E-state index in [0.717, 1.165) is 45.6 Å². The molecule has 4 nitrogen and oxygen atoms in total. The van der Waals surface area contributed by atoms with Crippen LogP contribution in [0.2, 0.25) is 0 Å². The Labute approximate surface area is 103 Å². The van der Waals surface area contributed by atoms with Crippen molar-refractivity contribution >= 4 is 5.91 Å². The molecule has 98 valence electrons. The van der Waals surface area contributed by atoms with Gasteiger partial charge in [0.25, 0.3) is 0 Å². The Morgan fingerprint density at radius 1 is 1.35 bits per heavy atom. The number of hydrogen-bond acceptors (Lipinski definition) is 3. The summed E-state index contributed by atoms with van der Waals surface area (Å²) in [7, 11) is 0. The second-order valence-corrected chi connectivity index (χ2v) is 5.51. The summed E-state index contributed by atoms with van der Waals surface area (Å²) in [4.78, 5) is 14.3. The van der Waals surface area contributed by atoms with Gasteiger partial charge in [-0.25, -0.2) is 0 Å². The van der Waals surface area contributed by atoms with Crippen molar-refractivity contribution in [2.75, 3.05) is 26.3 Å². The van der Waals surface area contributed by atoms with E-state index < -0.39 is 0 Å². The molecule has 0 bridgehead atoms. The van der Waals surface area contributed by atoms with E-state index in [4.69, 9.17) is 10.5 Å². The molecule has 2 fully saturated rings. The summed E-state index contributed by atoms with van der Waals surface area (Å²) in [5.74, 6) is 1.09. The molecule has 0 spiro atoms. The van der Waals surface area contributed by atoms with E-state index in [1.54, 1.807) is 0 Å². The Kier molecular flexibility index (Phi) is 4.40. The van der Waals surface area contributed by atoms with Gasteiger partial charge in [0.05, 0.1) is 6.04 Å². The van der Waals surface area contributed by atoms with Crippen molar-refractivity contribution in [2.24, 2.45) is 17.6 Å². The Morgan fingerprint density at radius 2 is 2.06 bits per heavy atom. The third kappa shape index (κ3) is 3.19. The van der Waals surface area contributed by atoms with Crippen LogP contribution in [-0.4, -0.2) is 43.2 Å². The Balaban J connectivity index is 1.89. The fraction of sp³-hybridized carbons (Fsp3) is 0.923. The molecule has 0 aromatic rings. The van der Waals surface area contributed by atoms with Crippen molar-refractivity contribution < 1.29 is 9.53 Å². The lowest BCUT2D eigenvalue weighted by molar-refractivity contribution is -0.136. The van der Waals surface area contributed by atoms with Gasteiger partial charge >= 0.3 is 0 Å². The molecule has 2 unspecified atom stereocenters. The summed E-state index contributed by atoms with van der Waals surface area (Å²) in [6, 6.07) is -0.316. The molecule has 1 amide bonds. The molecule has 2 atom stereocenters. The van der Waals surface area contributed by atoms with Gasteiger partial charge in [0.2, 0.25) is 5.91 Å². The molecule has 2 rings (SSSR count). The molecule has 4 heteroatoms. The Morgan fingerprint density at radius 3 is 2.71 bits per heavy atom. The van der Waals surface area contributed by atoms with Gasteiger partial charge in [-0.05, 0) is 37.5 Å². The van der Waals surface area contributed by atoms with Crippen LogP contribution in [0, 0.1) is 11.8 Å². The van der Waals surface area contributed by atoms with Gasteiger partial charge in [-0.2, -0.15) is 0 Å². The number of ether oxygens (including phenoxy) is 1. The van der Waals surface area contributed by atoms with Crippen LogP contribution in [0.3, 0.4) is 0 Å². The minimum absolute atomic E-state index is 0.156. The zero-order chi connectivity index (χ0) is 12.3. The molecule has 2 N–H and O–H groups in total. The highest BCUT2D eigenvalue weighted by Gasteiger charge is 2.31. The van der Waals surface area contributed by atoms with Crippen molar-refractivity contribution in [2.45, 2.75) is 38.6 Å². The monoisotopic (exact) mass is 240 g/mol. The van der Waals surface area contributed by atoms with E-state index in [1.165, 1.54) is 6.42 Å². The predicted octanol–water partition coefficient (Wildman–Crippen LogP) is 0.999. The van der Waals surface area contributed by atoms with Gasteiger partial charge in [0, 0.05) is 26.3 Å². The smallest absolute Gasteiger partial charge is 0.239 e. The normalized spacial score (nSPS) is 29.1. The average molecular weight is 240 g/mol. The van der Waals surface area contributed by atoms with Crippen molar-refractivity contribution in [1.29, 1.82) is 0 Å². The fourth-order valence-corrected chi connectivity index (χ4v) is 2.88. The molecule has 0 saturated carbocycles. The Hall–Kier alpha value is -0.610. The third-order valence-corrected chi connectivity index (χ3v) is 4.03. The van der Waals surface area contributed by atoms with E-state index in [9.17, 15) is 4.79 Å². The van der Waals surface area contributed by atoms with Crippen LogP contribution in [0.4, 0.5) is 0 Å². The highest BCUT2D eigenvalue weighted by atomic mass is 16.5. The van der Waals surface area contributed by atoms with Crippen LogP contribution in [0.25, 0.3) is 0 Å². The lowest BCUT2D eigenvalue weighted by Gasteiger charge is -2.35. The number of carbonyl (C=O) groups is 1. The SMILES string of the molecule is CC1CCCN(C(=O)C(N)C2CCOCC2)C1. The van der Waals surface area contributed by atoms with Crippen molar-refractivity contribution in [1.82, 2.24) is 4.90 Å². The standard InChI is InChI=1S/C13H24N2O2/c1-10-3-2-6-15(9-10)13(16)12(14)11-4-7-17-8-5-11/h10-12H,2-9,14H2,1H3. The molecule has 0 radical (unpaired) electrons. The molecule has 2 heterocycles. The van der Waals surface area contributed by atoms with Crippen LogP contribution in [0.15, 0.2) is 0 Å². The summed E-state index contributed by atoms with van der Waals surface area (Å²) in [5, 5.41) is 0. The second-order valence-electron chi connectivity index (χ2n) is 5.51. The Bertz CT molecular complexity index is 264. The molecule has 2 aliphatic heterocycles. The molecule has 0 aliphatic carbocycles. The largest absolute Gasteiger partial charge is 0.381 e. The fourth-order valence-electron chi connectivity index (χ4n) is 2.88. The van der Waals surface area contributed by atoms with E-state index in [0.29, 0.717) is 11.8 Å². The summed E-state index contributed by atoms with van der Waals surface area (Å²) in [6.45, 7) is 5.49. The summed E-state index contributed by atoms with van der Waals surface area (Å²) in [5.41, 5.74) is 6.12. The van der Waals surface area contributed by atoms with Gasteiger partial charge in [-0.1, -0.05) is 6.92 Å². The zero-order valence-corrected chi connectivity index (χ0v) is 10.7. The minimum Gasteiger partial charge on any atom is -0.381 e. The van der Waals surface area contributed by atoms with Gasteiger partial charge in [-0.3, -0.25) is 4.79 Å². The van der Waals surface area contributed by atoms with E-state index in [2.05, 4.69) is 6.92 Å². The van der Waals surface area contributed by atoms with Crippen LogP contribution >= 0.6 is 0 Å². The van der Waals surface area contributed by atoms with E-state index >= 15 is 0 Å². The van der Waals surface area contributed by atoms with Crippen molar-refractivity contribution in [3.63, 3.8) is 0 Å². The highest BCUT2D eigenvalue weighted by Crippen LogP contribution is 2.21. The summed E-state index contributed by atoms with van der Waals surface area (Å²) >= 11 is 0. The number of carbonyl (C=O) groups excluding carboxylic acids is 1. The first kappa shape index (κ1) is 12.8. The van der Waals surface area contributed by atoms with Crippen molar-refractivity contribution in [3.05, 3.63) is 0 Å². The maximum atomic E-state index is 12.3. The number of amides is 1. The van der Waals surface area contributed by atoms with Gasteiger partial charge in [-0.15, -0.1) is 0 Å². The van der Waals surface area contributed by atoms with Crippen molar-refractivity contribution in [3.8, 4) is 0 Å². The second kappa shape index (κ2) is 5.83. The first-order valence-corrected chi connectivity index (χ1v) is 6.80. The highest BCUT2D eigenvalue weighted by molar-refractivity contribution is 5.82. The number of hydrogen-bond donors (Lipinski definition) is 1. The summed E-state index contributed by atoms with van der Waals surface area (Å²) < 4.78 is 5.31. The first-order chi connectivity index (χ1) is 8.18. The molecule has 2 aliphatic rings. The maximum absolute atomic E-state index is 12.3. The minimum atomic E-state index is -0.316. The number of nitrogens with zero attached hydrogens (tertiary/aromatic N) is 1. The summed E-state index contributed by atoms with van der Waals surface area (Å²) in [6.07, 6.45) is 4.20. The van der Waals surface area contributed by atoms with Crippen LogP contribution in [0.1, 0.15) is 32.6 Å². The van der Waals surface area contributed by atoms with Crippen LogP contribution < -0.4 is 5.73 Å². The average Bonchev–Trinajstić information content (AvgIpc) is 2.38. The van der Waals surface area contributed by atoms with Crippen LogP contribution in [-0.2, 0) is 9.53 Å². The maximum Gasteiger partial charge on any atom is 0.239 e. The molecule has 2 saturated heterocycles.